The highest BCUT2D eigenvalue weighted by Gasteiger charge is 2.14. The quantitative estimate of drug-likeness (QED) is 0.479. The molecule has 4 aromatic rings. The average molecular weight is 379 g/mol. The van der Waals surface area contributed by atoms with E-state index in [4.69, 9.17) is 4.42 Å². The molecule has 0 aliphatic heterocycles. The fraction of sp³-hybridized carbons (Fsp3) is 0.250. The Balaban J connectivity index is 1.47. The van der Waals surface area contributed by atoms with Gasteiger partial charge in [0, 0.05) is 18.5 Å². The molecule has 0 aliphatic carbocycles. The second-order valence-corrected chi connectivity index (χ2v) is 7.49. The number of hydrogen-bond acceptors (Lipinski definition) is 5. The topological polar surface area (TPSA) is 61.7 Å². The molecule has 3 aromatic heterocycles. The largest absolute Gasteiger partial charge is 0.469 e. The Morgan fingerprint density at radius 2 is 1.81 bits per heavy atom. The molecule has 27 heavy (non-hydrogen) atoms. The van der Waals surface area contributed by atoms with Crippen molar-refractivity contribution in [2.24, 2.45) is 7.05 Å². The van der Waals surface area contributed by atoms with Crippen LogP contribution in [0.5, 0.6) is 0 Å². The molecule has 0 bridgehead atoms. The molecular formula is C20H21N5OS. The molecule has 138 valence electrons. The Hall–Kier alpha value is -2.80. The first-order chi connectivity index (χ1) is 13.0. The van der Waals surface area contributed by atoms with Crippen molar-refractivity contribution >= 4 is 11.8 Å². The van der Waals surface area contributed by atoms with Gasteiger partial charge in [-0.3, -0.25) is 0 Å². The number of furan rings is 1. The van der Waals surface area contributed by atoms with E-state index in [1.165, 1.54) is 5.56 Å². The van der Waals surface area contributed by atoms with Gasteiger partial charge in [-0.15, -0.1) is 10.2 Å². The van der Waals surface area contributed by atoms with E-state index in [0.717, 1.165) is 45.1 Å². The van der Waals surface area contributed by atoms with Crippen molar-refractivity contribution in [2.75, 3.05) is 0 Å². The van der Waals surface area contributed by atoms with E-state index in [9.17, 15) is 0 Å². The van der Waals surface area contributed by atoms with Gasteiger partial charge in [-0.25, -0.2) is 4.68 Å². The highest BCUT2D eigenvalue weighted by molar-refractivity contribution is 7.98. The summed E-state index contributed by atoms with van der Waals surface area (Å²) in [5.41, 5.74) is 5.44. The lowest BCUT2D eigenvalue weighted by Crippen LogP contribution is -1.99. The molecule has 0 fully saturated rings. The molecule has 6 nitrogen and oxygen atoms in total. The van der Waals surface area contributed by atoms with E-state index in [-0.39, 0.29) is 0 Å². The van der Waals surface area contributed by atoms with Gasteiger partial charge in [0.15, 0.2) is 11.0 Å². The molecule has 4 rings (SSSR count). The monoisotopic (exact) mass is 379 g/mol. The lowest BCUT2D eigenvalue weighted by atomic mass is 10.2. The second-order valence-electron chi connectivity index (χ2n) is 6.55. The van der Waals surface area contributed by atoms with Gasteiger partial charge in [0.05, 0.1) is 23.2 Å². The van der Waals surface area contributed by atoms with Gasteiger partial charge in [0.25, 0.3) is 0 Å². The summed E-state index contributed by atoms with van der Waals surface area (Å²) in [4.78, 5) is 0. The highest BCUT2D eigenvalue weighted by Crippen LogP contribution is 2.27. The summed E-state index contributed by atoms with van der Waals surface area (Å²) in [6, 6.07) is 12.5. The Morgan fingerprint density at radius 1 is 1.04 bits per heavy atom. The van der Waals surface area contributed by atoms with Crippen molar-refractivity contribution < 1.29 is 4.42 Å². The van der Waals surface area contributed by atoms with Crippen LogP contribution in [0.15, 0.2) is 52.2 Å². The molecule has 0 spiro atoms. The first-order valence-corrected chi connectivity index (χ1v) is 9.70. The second kappa shape index (κ2) is 7.08. The summed E-state index contributed by atoms with van der Waals surface area (Å²) in [6.07, 6.45) is 1.68. The average Bonchev–Trinajstić information content (AvgIpc) is 3.33. The predicted octanol–water partition coefficient (Wildman–Crippen LogP) is 4.48. The van der Waals surface area contributed by atoms with Crippen molar-refractivity contribution in [3.05, 3.63) is 65.4 Å². The van der Waals surface area contributed by atoms with Crippen LogP contribution in [-0.4, -0.2) is 24.5 Å². The van der Waals surface area contributed by atoms with Crippen LogP contribution in [0.2, 0.25) is 0 Å². The van der Waals surface area contributed by atoms with Crippen LogP contribution in [0.3, 0.4) is 0 Å². The molecule has 0 saturated carbocycles. The van der Waals surface area contributed by atoms with Crippen molar-refractivity contribution in [2.45, 2.75) is 31.7 Å². The standard InChI is InChI=1S/C20H21N5OS/c1-13-11-14(2)25(23-13)17-7-5-16(6-8-17)12-27-20-22-21-19(24(20)4)18-9-10-26-15(18)3/h5-11H,12H2,1-4H3. The van der Waals surface area contributed by atoms with Crippen molar-refractivity contribution in [3.63, 3.8) is 0 Å². The van der Waals surface area contributed by atoms with E-state index in [2.05, 4.69) is 52.6 Å². The molecule has 0 N–H and O–H groups in total. The minimum Gasteiger partial charge on any atom is -0.469 e. The van der Waals surface area contributed by atoms with Crippen LogP contribution in [0.1, 0.15) is 22.7 Å². The third kappa shape index (κ3) is 3.42. The first-order valence-electron chi connectivity index (χ1n) is 8.72. The number of nitrogens with zero attached hydrogens (tertiary/aromatic N) is 5. The van der Waals surface area contributed by atoms with Crippen LogP contribution in [-0.2, 0) is 12.8 Å². The van der Waals surface area contributed by atoms with Crippen LogP contribution < -0.4 is 0 Å². The minimum atomic E-state index is 0.823. The summed E-state index contributed by atoms with van der Waals surface area (Å²) >= 11 is 1.67. The molecule has 3 heterocycles. The zero-order valence-electron chi connectivity index (χ0n) is 15.8. The molecule has 0 unspecified atom stereocenters. The Labute approximate surface area is 162 Å². The van der Waals surface area contributed by atoms with E-state index in [0.29, 0.717) is 0 Å². The molecule has 7 heteroatoms. The summed E-state index contributed by atoms with van der Waals surface area (Å²) in [5.74, 6) is 2.50. The number of aromatic nitrogens is 5. The highest BCUT2D eigenvalue weighted by atomic mass is 32.2. The first kappa shape index (κ1) is 17.6. The number of thioether (sulfide) groups is 1. The van der Waals surface area contributed by atoms with Crippen LogP contribution >= 0.6 is 11.8 Å². The minimum absolute atomic E-state index is 0.823. The van der Waals surface area contributed by atoms with E-state index in [1.807, 2.05) is 36.2 Å². The van der Waals surface area contributed by atoms with E-state index < -0.39 is 0 Å². The number of aryl methyl sites for hydroxylation is 3. The molecule has 0 aliphatic rings. The number of benzene rings is 1. The summed E-state index contributed by atoms with van der Waals surface area (Å²) in [5, 5.41) is 14.1. The third-order valence-electron chi connectivity index (χ3n) is 4.49. The third-order valence-corrected chi connectivity index (χ3v) is 5.58. The van der Waals surface area contributed by atoms with Gasteiger partial charge < -0.3 is 8.98 Å². The van der Waals surface area contributed by atoms with Gasteiger partial charge in [-0.2, -0.15) is 5.10 Å². The van der Waals surface area contributed by atoms with Crippen LogP contribution in [0.25, 0.3) is 17.1 Å². The molecular weight excluding hydrogens is 358 g/mol. The maximum atomic E-state index is 5.37. The number of rotatable bonds is 5. The van der Waals surface area contributed by atoms with Gasteiger partial charge in [0.2, 0.25) is 0 Å². The van der Waals surface area contributed by atoms with Gasteiger partial charge in [-0.1, -0.05) is 23.9 Å². The Bertz CT molecular complexity index is 1070. The summed E-state index contributed by atoms with van der Waals surface area (Å²) in [6.45, 7) is 6.01. The molecule has 1 aromatic carbocycles. The molecule has 0 atom stereocenters. The zero-order valence-corrected chi connectivity index (χ0v) is 16.6. The zero-order chi connectivity index (χ0) is 19.0. The van der Waals surface area contributed by atoms with Gasteiger partial charge in [0.1, 0.15) is 5.76 Å². The summed E-state index contributed by atoms with van der Waals surface area (Å²) < 4.78 is 9.35. The Kier molecular flexibility index (Phi) is 4.61. The normalized spacial score (nSPS) is 11.3. The lowest BCUT2D eigenvalue weighted by molar-refractivity contribution is 0.534. The smallest absolute Gasteiger partial charge is 0.191 e. The molecule has 0 radical (unpaired) electrons. The number of hydrogen-bond donors (Lipinski definition) is 0. The molecule has 0 amide bonds. The Morgan fingerprint density at radius 3 is 2.44 bits per heavy atom. The maximum absolute atomic E-state index is 5.37. The molecule has 0 saturated heterocycles. The SMILES string of the molecule is Cc1cc(C)n(-c2ccc(CSc3nnc(-c4ccoc4C)n3C)cc2)n1. The predicted molar refractivity (Wildman–Crippen MR) is 106 cm³/mol. The lowest BCUT2D eigenvalue weighted by Gasteiger charge is -2.06. The van der Waals surface area contributed by atoms with E-state index >= 15 is 0 Å². The van der Waals surface area contributed by atoms with Gasteiger partial charge >= 0.3 is 0 Å². The summed E-state index contributed by atoms with van der Waals surface area (Å²) in [7, 11) is 1.98. The van der Waals surface area contributed by atoms with Crippen LogP contribution in [0, 0.1) is 20.8 Å². The van der Waals surface area contributed by atoms with E-state index in [1.54, 1.807) is 18.0 Å². The van der Waals surface area contributed by atoms with Crippen LogP contribution in [0.4, 0.5) is 0 Å². The van der Waals surface area contributed by atoms with Crippen molar-refractivity contribution in [1.82, 2.24) is 24.5 Å². The van der Waals surface area contributed by atoms with Crippen molar-refractivity contribution in [1.29, 1.82) is 0 Å². The fourth-order valence-electron chi connectivity index (χ4n) is 3.06. The van der Waals surface area contributed by atoms with Crippen molar-refractivity contribution in [3.8, 4) is 17.1 Å². The fourth-order valence-corrected chi connectivity index (χ4v) is 3.93. The van der Waals surface area contributed by atoms with Gasteiger partial charge in [-0.05, 0) is 50.6 Å². The maximum Gasteiger partial charge on any atom is 0.191 e.